The van der Waals surface area contributed by atoms with Gasteiger partial charge in [-0.3, -0.25) is 4.79 Å². The number of piperidine rings is 1. The number of carbonyl (C=O) groups excluding carboxylic acids is 1. The van der Waals surface area contributed by atoms with Crippen LogP contribution in [0, 0.1) is 11.7 Å². The van der Waals surface area contributed by atoms with Gasteiger partial charge in [0.25, 0.3) is 0 Å². The molecule has 1 aliphatic heterocycles. The van der Waals surface area contributed by atoms with Crippen molar-refractivity contribution in [1.82, 2.24) is 9.62 Å². The number of hydrogen-bond acceptors (Lipinski definition) is 5. The fourth-order valence-electron chi connectivity index (χ4n) is 3.88. The van der Waals surface area contributed by atoms with E-state index < -0.39 is 21.6 Å². The van der Waals surface area contributed by atoms with Gasteiger partial charge in [0.15, 0.2) is 11.5 Å². The first kappa shape index (κ1) is 25.3. The Bertz CT molecular complexity index is 1080. The number of nitrogens with one attached hydrogen (secondary N) is 1. The van der Waals surface area contributed by atoms with E-state index in [1.807, 2.05) is 19.1 Å². The van der Waals surface area contributed by atoms with Gasteiger partial charge in [0.2, 0.25) is 15.9 Å². The normalized spacial score (nSPS) is 16.3. The van der Waals surface area contributed by atoms with E-state index in [2.05, 4.69) is 5.32 Å². The summed E-state index contributed by atoms with van der Waals surface area (Å²) in [6, 6.07) is 9.27. The number of carbonyl (C=O) groups is 1. The van der Waals surface area contributed by atoms with Gasteiger partial charge >= 0.3 is 0 Å². The lowest BCUT2D eigenvalue weighted by Crippen LogP contribution is -2.43. The molecule has 1 amide bonds. The highest BCUT2D eigenvalue weighted by Crippen LogP contribution is 2.31. The second-order valence-corrected chi connectivity index (χ2v) is 10.4. The summed E-state index contributed by atoms with van der Waals surface area (Å²) in [5.74, 6) is -0.423. The van der Waals surface area contributed by atoms with E-state index >= 15 is 0 Å². The van der Waals surface area contributed by atoms with Crippen LogP contribution in [0.25, 0.3) is 0 Å². The smallest absolute Gasteiger partial charge is 0.223 e. The van der Waals surface area contributed by atoms with E-state index in [0.717, 1.165) is 5.56 Å². The molecule has 1 unspecified atom stereocenters. The van der Waals surface area contributed by atoms with E-state index in [1.54, 1.807) is 20.3 Å². The Kier molecular flexibility index (Phi) is 8.20. The van der Waals surface area contributed by atoms with Gasteiger partial charge in [-0.25, -0.2) is 17.1 Å². The van der Waals surface area contributed by atoms with E-state index in [4.69, 9.17) is 21.1 Å². The van der Waals surface area contributed by atoms with Crippen LogP contribution in [0.3, 0.4) is 0 Å². The number of sulfonamides is 1. The summed E-state index contributed by atoms with van der Waals surface area (Å²) in [5.41, 5.74) is 0.825. The molecular formula is C23H28ClFN2O5S. The van der Waals surface area contributed by atoms with Crippen molar-refractivity contribution >= 4 is 27.5 Å². The van der Waals surface area contributed by atoms with Crippen LogP contribution in [-0.4, -0.2) is 45.9 Å². The maximum Gasteiger partial charge on any atom is 0.223 e. The average molecular weight is 499 g/mol. The van der Waals surface area contributed by atoms with E-state index in [0.29, 0.717) is 24.3 Å². The second-order valence-electron chi connectivity index (χ2n) is 7.97. The highest BCUT2D eigenvalue weighted by Gasteiger charge is 2.32. The van der Waals surface area contributed by atoms with Crippen molar-refractivity contribution in [2.45, 2.75) is 31.6 Å². The van der Waals surface area contributed by atoms with Gasteiger partial charge in [0.1, 0.15) is 5.82 Å². The third-order valence-corrected chi connectivity index (χ3v) is 8.03. The van der Waals surface area contributed by atoms with Crippen LogP contribution in [-0.2, 0) is 20.6 Å². The Morgan fingerprint density at radius 3 is 2.45 bits per heavy atom. The van der Waals surface area contributed by atoms with Crippen molar-refractivity contribution in [2.75, 3.05) is 27.3 Å². The quantitative estimate of drug-likeness (QED) is 0.596. The van der Waals surface area contributed by atoms with E-state index in [1.165, 1.54) is 22.5 Å². The molecule has 7 nitrogen and oxygen atoms in total. The molecular weight excluding hydrogens is 471 g/mol. The molecule has 10 heteroatoms. The summed E-state index contributed by atoms with van der Waals surface area (Å²) in [6.45, 7) is 2.26. The number of methoxy groups -OCH3 is 2. The van der Waals surface area contributed by atoms with Gasteiger partial charge in [-0.1, -0.05) is 23.7 Å². The number of nitrogens with zero attached hydrogens (tertiary/aromatic N) is 1. The zero-order valence-corrected chi connectivity index (χ0v) is 20.4. The number of hydrogen-bond donors (Lipinski definition) is 1. The van der Waals surface area contributed by atoms with Gasteiger partial charge in [-0.15, -0.1) is 0 Å². The summed E-state index contributed by atoms with van der Waals surface area (Å²) in [6.07, 6.45) is 0.767. The molecule has 1 fully saturated rings. The van der Waals surface area contributed by atoms with Gasteiger partial charge in [0.05, 0.1) is 26.0 Å². The highest BCUT2D eigenvalue weighted by atomic mass is 35.5. The van der Waals surface area contributed by atoms with E-state index in [-0.39, 0.29) is 41.5 Å². The third kappa shape index (κ3) is 5.96. The minimum Gasteiger partial charge on any atom is -0.493 e. The molecule has 2 aromatic rings. The topological polar surface area (TPSA) is 84.9 Å². The predicted octanol–water partition coefficient (Wildman–Crippen LogP) is 3.92. The molecule has 1 aliphatic rings. The average Bonchev–Trinajstić information content (AvgIpc) is 2.81. The van der Waals surface area contributed by atoms with Gasteiger partial charge in [-0.2, -0.15) is 0 Å². The third-order valence-electron chi connectivity index (χ3n) is 5.87. The first-order valence-corrected chi connectivity index (χ1v) is 12.6. The lowest BCUT2D eigenvalue weighted by Gasteiger charge is -2.31. The standard InChI is InChI=1S/C23H28ClFN2O5S/c1-15(17-7-8-21(31-2)22(13-17)32-3)26-23(28)16-9-11-27(12-10-16)33(29,30)14-18-19(24)5-4-6-20(18)25/h4-8,13,15-16H,9-12,14H2,1-3H3,(H,26,28). The zero-order chi connectivity index (χ0) is 24.2. The van der Waals surface area contributed by atoms with Gasteiger partial charge < -0.3 is 14.8 Å². The van der Waals surface area contributed by atoms with Crippen molar-refractivity contribution in [3.8, 4) is 11.5 Å². The summed E-state index contributed by atoms with van der Waals surface area (Å²) >= 11 is 5.98. The second kappa shape index (κ2) is 10.7. The molecule has 1 heterocycles. The maximum absolute atomic E-state index is 14.0. The minimum atomic E-state index is -3.76. The fraction of sp³-hybridized carbons (Fsp3) is 0.435. The summed E-state index contributed by atoms with van der Waals surface area (Å²) in [4.78, 5) is 12.8. The largest absolute Gasteiger partial charge is 0.493 e. The lowest BCUT2D eigenvalue weighted by molar-refractivity contribution is -0.126. The SMILES string of the molecule is COc1ccc(C(C)NC(=O)C2CCN(S(=O)(=O)Cc3c(F)cccc3Cl)CC2)cc1OC. The zero-order valence-electron chi connectivity index (χ0n) is 18.8. The molecule has 1 atom stereocenters. The maximum atomic E-state index is 14.0. The molecule has 1 N–H and O–H groups in total. The summed E-state index contributed by atoms with van der Waals surface area (Å²) in [7, 11) is -0.655. The van der Waals surface area contributed by atoms with Crippen molar-refractivity contribution in [3.63, 3.8) is 0 Å². The van der Waals surface area contributed by atoms with Gasteiger partial charge in [-0.05, 0) is 49.6 Å². The molecule has 3 rings (SSSR count). The minimum absolute atomic E-state index is 0.0391. The first-order valence-electron chi connectivity index (χ1n) is 10.6. The Morgan fingerprint density at radius 1 is 1.18 bits per heavy atom. The van der Waals surface area contributed by atoms with Crippen molar-refractivity contribution in [1.29, 1.82) is 0 Å². The van der Waals surface area contributed by atoms with Crippen LogP contribution < -0.4 is 14.8 Å². The molecule has 2 aromatic carbocycles. The van der Waals surface area contributed by atoms with Crippen LogP contribution in [0.5, 0.6) is 11.5 Å². The van der Waals surface area contributed by atoms with Crippen molar-refractivity contribution < 1.29 is 27.1 Å². The highest BCUT2D eigenvalue weighted by molar-refractivity contribution is 7.88. The van der Waals surface area contributed by atoms with Crippen LogP contribution >= 0.6 is 11.6 Å². The Hall–Kier alpha value is -2.36. The number of rotatable bonds is 8. The molecule has 0 spiro atoms. The fourth-order valence-corrected chi connectivity index (χ4v) is 5.79. The molecule has 0 aliphatic carbocycles. The predicted molar refractivity (Wildman–Crippen MR) is 124 cm³/mol. The van der Waals surface area contributed by atoms with Crippen molar-refractivity contribution in [2.24, 2.45) is 5.92 Å². The van der Waals surface area contributed by atoms with Crippen LogP contribution in [0.1, 0.15) is 36.9 Å². The first-order chi connectivity index (χ1) is 15.7. The molecule has 1 saturated heterocycles. The summed E-state index contributed by atoms with van der Waals surface area (Å²) < 4.78 is 51.5. The Morgan fingerprint density at radius 2 is 1.85 bits per heavy atom. The van der Waals surface area contributed by atoms with Gasteiger partial charge in [0, 0.05) is 29.6 Å². The van der Waals surface area contributed by atoms with Crippen LogP contribution in [0.2, 0.25) is 5.02 Å². The van der Waals surface area contributed by atoms with Crippen molar-refractivity contribution in [3.05, 3.63) is 58.4 Å². The van der Waals surface area contributed by atoms with E-state index in [9.17, 15) is 17.6 Å². The number of amides is 1. The number of ether oxygens (including phenoxy) is 2. The number of halogens is 2. The number of benzene rings is 2. The molecule has 33 heavy (non-hydrogen) atoms. The molecule has 180 valence electrons. The Labute approximate surface area is 198 Å². The monoisotopic (exact) mass is 498 g/mol. The summed E-state index contributed by atoms with van der Waals surface area (Å²) in [5, 5.41) is 3.07. The molecule has 0 radical (unpaired) electrons. The molecule has 0 saturated carbocycles. The molecule has 0 aromatic heterocycles. The van der Waals surface area contributed by atoms with Crippen LogP contribution in [0.15, 0.2) is 36.4 Å². The van der Waals surface area contributed by atoms with Crippen LogP contribution in [0.4, 0.5) is 4.39 Å². The Balaban J connectivity index is 1.58. The molecule has 0 bridgehead atoms. The lowest BCUT2D eigenvalue weighted by atomic mass is 9.96.